The first-order chi connectivity index (χ1) is 9.51. The molecule has 0 radical (unpaired) electrons. The Morgan fingerprint density at radius 3 is 2.30 bits per heavy atom. The molecule has 0 atom stereocenters. The molecule has 0 heterocycles. The lowest BCUT2D eigenvalue weighted by molar-refractivity contribution is 0.0697. The predicted octanol–water partition coefficient (Wildman–Crippen LogP) is 3.97. The molecule has 0 aromatic heterocycles. The molecular formula is C15H13F2NO2. The van der Waals surface area contributed by atoms with Crippen molar-refractivity contribution >= 4 is 17.3 Å². The summed E-state index contributed by atoms with van der Waals surface area (Å²) in [4.78, 5) is 11.1. The van der Waals surface area contributed by atoms with Gasteiger partial charge < -0.3 is 10.4 Å². The largest absolute Gasteiger partial charge is 0.478 e. The number of carbonyl (C=O) groups is 1. The molecule has 0 spiro atoms. The Bertz CT molecular complexity index is 656. The predicted molar refractivity (Wildman–Crippen MR) is 72.4 cm³/mol. The summed E-state index contributed by atoms with van der Waals surface area (Å²) in [6.45, 7) is 1.86. The number of anilines is 2. The summed E-state index contributed by atoms with van der Waals surface area (Å²) >= 11 is 0. The van der Waals surface area contributed by atoms with Crippen LogP contribution in [-0.4, -0.2) is 11.1 Å². The molecule has 3 nitrogen and oxygen atoms in total. The van der Waals surface area contributed by atoms with Gasteiger partial charge in [-0.3, -0.25) is 0 Å². The molecule has 0 unspecified atom stereocenters. The second kappa shape index (κ2) is 5.69. The molecular weight excluding hydrogens is 264 g/mol. The van der Waals surface area contributed by atoms with Gasteiger partial charge in [0.05, 0.1) is 11.3 Å². The Morgan fingerprint density at radius 1 is 1.10 bits per heavy atom. The van der Waals surface area contributed by atoms with Crippen LogP contribution in [0.25, 0.3) is 0 Å². The molecule has 2 N–H and O–H groups in total. The van der Waals surface area contributed by atoms with Crippen LogP contribution in [0.2, 0.25) is 0 Å². The van der Waals surface area contributed by atoms with Crippen molar-refractivity contribution in [3.8, 4) is 0 Å². The standard InChI is InChI=1S/C15H13F2NO2/c1-2-9-7-10(16)3-5-13(9)18-14-6-4-11(17)8-12(14)15(19)20/h3-8,18H,2H2,1H3,(H,19,20). The van der Waals surface area contributed by atoms with Crippen molar-refractivity contribution in [1.29, 1.82) is 0 Å². The van der Waals surface area contributed by atoms with Crippen molar-refractivity contribution in [3.05, 3.63) is 59.2 Å². The Labute approximate surface area is 114 Å². The summed E-state index contributed by atoms with van der Waals surface area (Å²) in [5.74, 6) is -2.21. The Hall–Kier alpha value is -2.43. The van der Waals surface area contributed by atoms with E-state index < -0.39 is 11.8 Å². The molecule has 0 amide bonds. The zero-order chi connectivity index (χ0) is 14.7. The van der Waals surface area contributed by atoms with Gasteiger partial charge in [0.25, 0.3) is 0 Å². The van der Waals surface area contributed by atoms with Gasteiger partial charge in [-0.25, -0.2) is 13.6 Å². The zero-order valence-corrected chi connectivity index (χ0v) is 10.8. The second-order valence-corrected chi connectivity index (χ2v) is 4.28. The quantitative estimate of drug-likeness (QED) is 0.889. The molecule has 104 valence electrons. The number of halogens is 2. The van der Waals surface area contributed by atoms with Crippen LogP contribution in [0, 0.1) is 11.6 Å². The third-order valence-electron chi connectivity index (χ3n) is 2.93. The van der Waals surface area contributed by atoms with E-state index in [1.165, 1.54) is 30.3 Å². The van der Waals surface area contributed by atoms with Crippen LogP contribution in [0.15, 0.2) is 36.4 Å². The second-order valence-electron chi connectivity index (χ2n) is 4.28. The molecule has 2 aromatic carbocycles. The maximum atomic E-state index is 13.2. The van der Waals surface area contributed by atoms with Crippen molar-refractivity contribution in [2.75, 3.05) is 5.32 Å². The highest BCUT2D eigenvalue weighted by Crippen LogP contribution is 2.25. The van der Waals surface area contributed by atoms with Crippen molar-refractivity contribution in [3.63, 3.8) is 0 Å². The highest BCUT2D eigenvalue weighted by atomic mass is 19.1. The fraction of sp³-hybridized carbons (Fsp3) is 0.133. The molecule has 0 saturated carbocycles. The number of rotatable bonds is 4. The lowest BCUT2D eigenvalue weighted by atomic mass is 10.1. The van der Waals surface area contributed by atoms with Crippen LogP contribution in [0.5, 0.6) is 0 Å². The number of hydrogen-bond acceptors (Lipinski definition) is 2. The highest BCUT2D eigenvalue weighted by molar-refractivity contribution is 5.95. The smallest absolute Gasteiger partial charge is 0.337 e. The van der Waals surface area contributed by atoms with E-state index in [0.717, 1.165) is 6.07 Å². The van der Waals surface area contributed by atoms with Crippen LogP contribution in [0.3, 0.4) is 0 Å². The maximum Gasteiger partial charge on any atom is 0.337 e. The van der Waals surface area contributed by atoms with Crippen LogP contribution in [-0.2, 0) is 6.42 Å². The first-order valence-electron chi connectivity index (χ1n) is 6.09. The van der Waals surface area contributed by atoms with Gasteiger partial charge >= 0.3 is 5.97 Å². The number of aryl methyl sites for hydroxylation is 1. The molecule has 20 heavy (non-hydrogen) atoms. The van der Waals surface area contributed by atoms with Gasteiger partial charge in [0.15, 0.2) is 0 Å². The third-order valence-corrected chi connectivity index (χ3v) is 2.93. The van der Waals surface area contributed by atoms with Gasteiger partial charge in [-0.15, -0.1) is 0 Å². The minimum Gasteiger partial charge on any atom is -0.478 e. The van der Waals surface area contributed by atoms with E-state index in [2.05, 4.69) is 5.32 Å². The Morgan fingerprint density at radius 2 is 1.70 bits per heavy atom. The maximum absolute atomic E-state index is 13.2. The Balaban J connectivity index is 2.42. The van der Waals surface area contributed by atoms with Gasteiger partial charge in [-0.2, -0.15) is 0 Å². The normalized spacial score (nSPS) is 10.3. The van der Waals surface area contributed by atoms with Crippen LogP contribution in [0.1, 0.15) is 22.8 Å². The first-order valence-corrected chi connectivity index (χ1v) is 6.09. The van der Waals surface area contributed by atoms with E-state index >= 15 is 0 Å². The Kier molecular flexibility index (Phi) is 3.98. The first kappa shape index (κ1) is 14.0. The molecule has 0 saturated heterocycles. The van der Waals surface area contributed by atoms with Crippen molar-refractivity contribution in [2.45, 2.75) is 13.3 Å². The molecule has 5 heteroatoms. The number of carboxylic acid groups (broad SMARTS) is 1. The zero-order valence-electron chi connectivity index (χ0n) is 10.8. The summed E-state index contributed by atoms with van der Waals surface area (Å²) < 4.78 is 26.3. The molecule has 2 rings (SSSR count). The van der Waals surface area contributed by atoms with E-state index in [4.69, 9.17) is 5.11 Å². The van der Waals surface area contributed by atoms with Crippen LogP contribution < -0.4 is 5.32 Å². The molecule has 0 fully saturated rings. The fourth-order valence-corrected chi connectivity index (χ4v) is 1.92. The lowest BCUT2D eigenvalue weighted by Crippen LogP contribution is -2.04. The molecule has 2 aromatic rings. The molecule has 0 aliphatic rings. The van der Waals surface area contributed by atoms with Crippen molar-refractivity contribution in [1.82, 2.24) is 0 Å². The van der Waals surface area contributed by atoms with Gasteiger partial charge in [0.2, 0.25) is 0 Å². The lowest BCUT2D eigenvalue weighted by Gasteiger charge is -2.13. The van der Waals surface area contributed by atoms with E-state index in [1.807, 2.05) is 6.92 Å². The number of nitrogens with one attached hydrogen (secondary N) is 1. The van der Waals surface area contributed by atoms with E-state index in [-0.39, 0.29) is 17.1 Å². The van der Waals surface area contributed by atoms with E-state index in [0.29, 0.717) is 17.7 Å². The topological polar surface area (TPSA) is 49.3 Å². The summed E-state index contributed by atoms with van der Waals surface area (Å²) in [5, 5.41) is 12.0. The highest BCUT2D eigenvalue weighted by Gasteiger charge is 2.12. The third kappa shape index (κ3) is 2.93. The van der Waals surface area contributed by atoms with E-state index in [1.54, 1.807) is 0 Å². The summed E-state index contributed by atoms with van der Waals surface area (Å²) in [5.41, 5.74) is 1.41. The van der Waals surface area contributed by atoms with E-state index in [9.17, 15) is 13.6 Å². The van der Waals surface area contributed by atoms with Gasteiger partial charge in [0, 0.05) is 5.69 Å². The summed E-state index contributed by atoms with van der Waals surface area (Å²) in [6, 6.07) is 7.66. The number of hydrogen-bond donors (Lipinski definition) is 2. The fourth-order valence-electron chi connectivity index (χ4n) is 1.92. The van der Waals surface area contributed by atoms with Crippen LogP contribution in [0.4, 0.5) is 20.2 Å². The van der Waals surface area contributed by atoms with Gasteiger partial charge in [-0.05, 0) is 48.4 Å². The van der Waals surface area contributed by atoms with Gasteiger partial charge in [-0.1, -0.05) is 6.92 Å². The monoisotopic (exact) mass is 277 g/mol. The van der Waals surface area contributed by atoms with Crippen molar-refractivity contribution < 1.29 is 18.7 Å². The molecule has 0 bridgehead atoms. The number of benzene rings is 2. The average molecular weight is 277 g/mol. The summed E-state index contributed by atoms with van der Waals surface area (Å²) in [6.07, 6.45) is 0.587. The number of carboxylic acids is 1. The average Bonchev–Trinajstić information content (AvgIpc) is 2.42. The SMILES string of the molecule is CCc1cc(F)ccc1Nc1ccc(F)cc1C(=O)O. The summed E-state index contributed by atoms with van der Waals surface area (Å²) in [7, 11) is 0. The number of aromatic carboxylic acids is 1. The minimum atomic E-state index is -1.23. The van der Waals surface area contributed by atoms with Crippen LogP contribution >= 0.6 is 0 Å². The minimum absolute atomic E-state index is 0.170. The van der Waals surface area contributed by atoms with Crippen molar-refractivity contribution in [2.24, 2.45) is 0 Å². The molecule has 0 aliphatic carbocycles. The molecule has 0 aliphatic heterocycles. The van der Waals surface area contributed by atoms with Gasteiger partial charge in [0.1, 0.15) is 11.6 Å².